The summed E-state index contributed by atoms with van der Waals surface area (Å²) in [5, 5.41) is 3.28. The molecule has 0 aromatic rings. The third kappa shape index (κ3) is 3.18. The second-order valence-electron chi connectivity index (χ2n) is 6.06. The molecule has 2 amide bonds. The van der Waals surface area contributed by atoms with Gasteiger partial charge in [-0.3, -0.25) is 0 Å². The normalized spacial score (nSPS) is 33.2. The summed E-state index contributed by atoms with van der Waals surface area (Å²) in [5.41, 5.74) is 0. The summed E-state index contributed by atoms with van der Waals surface area (Å²) in [6.45, 7) is 6.46. The first-order valence-corrected chi connectivity index (χ1v) is 7.77. The molecular formula is C15H28N2O. The molecule has 1 aliphatic carbocycles. The highest BCUT2D eigenvalue weighted by Gasteiger charge is 2.33. The van der Waals surface area contributed by atoms with Crippen molar-refractivity contribution in [3.8, 4) is 0 Å². The van der Waals surface area contributed by atoms with Crippen LogP contribution in [0.5, 0.6) is 0 Å². The molecular weight excluding hydrogens is 224 g/mol. The van der Waals surface area contributed by atoms with Crippen LogP contribution < -0.4 is 5.32 Å². The van der Waals surface area contributed by atoms with Crippen molar-refractivity contribution in [1.82, 2.24) is 10.2 Å². The highest BCUT2D eigenvalue weighted by atomic mass is 16.2. The van der Waals surface area contributed by atoms with Gasteiger partial charge in [0.1, 0.15) is 0 Å². The predicted molar refractivity (Wildman–Crippen MR) is 74.5 cm³/mol. The van der Waals surface area contributed by atoms with Crippen LogP contribution in [0.15, 0.2) is 0 Å². The fourth-order valence-corrected chi connectivity index (χ4v) is 3.55. The Hall–Kier alpha value is -0.730. The molecule has 3 atom stereocenters. The molecule has 18 heavy (non-hydrogen) atoms. The Morgan fingerprint density at radius 3 is 2.39 bits per heavy atom. The molecule has 1 aliphatic heterocycles. The highest BCUT2D eigenvalue weighted by molar-refractivity contribution is 5.74. The fraction of sp³-hybridized carbons (Fsp3) is 0.933. The second-order valence-corrected chi connectivity index (χ2v) is 6.06. The Balaban J connectivity index is 1.83. The summed E-state index contributed by atoms with van der Waals surface area (Å²) in [5.74, 6) is 1.45. The summed E-state index contributed by atoms with van der Waals surface area (Å²) in [7, 11) is 0. The van der Waals surface area contributed by atoms with Gasteiger partial charge in [-0.1, -0.05) is 33.1 Å². The van der Waals surface area contributed by atoms with E-state index in [1.54, 1.807) is 0 Å². The molecule has 3 unspecified atom stereocenters. The topological polar surface area (TPSA) is 32.3 Å². The second kappa shape index (κ2) is 6.44. The maximum absolute atomic E-state index is 12.3. The molecule has 0 bridgehead atoms. The van der Waals surface area contributed by atoms with E-state index in [0.717, 1.165) is 19.0 Å². The third-order valence-electron chi connectivity index (χ3n) is 4.95. The number of carbonyl (C=O) groups excluding carboxylic acids is 1. The van der Waals surface area contributed by atoms with Gasteiger partial charge in [0.2, 0.25) is 0 Å². The van der Waals surface area contributed by atoms with Crippen molar-refractivity contribution in [3.05, 3.63) is 0 Å². The number of nitrogens with one attached hydrogen (secondary N) is 1. The van der Waals surface area contributed by atoms with E-state index in [0.29, 0.717) is 12.0 Å². The molecule has 3 heteroatoms. The minimum Gasteiger partial charge on any atom is -0.335 e. The summed E-state index contributed by atoms with van der Waals surface area (Å²) in [4.78, 5) is 14.3. The summed E-state index contributed by atoms with van der Waals surface area (Å²) in [6.07, 6.45) is 8.60. The lowest BCUT2D eigenvalue weighted by Crippen LogP contribution is -2.46. The molecule has 1 saturated heterocycles. The Kier molecular flexibility index (Phi) is 4.90. The van der Waals surface area contributed by atoms with E-state index in [1.807, 2.05) is 4.90 Å². The molecule has 1 saturated carbocycles. The van der Waals surface area contributed by atoms with Crippen molar-refractivity contribution in [2.75, 3.05) is 13.1 Å². The molecule has 2 rings (SSSR count). The molecule has 3 nitrogen and oxygen atoms in total. The molecule has 0 radical (unpaired) electrons. The van der Waals surface area contributed by atoms with Gasteiger partial charge in [0.15, 0.2) is 0 Å². The van der Waals surface area contributed by atoms with E-state index in [4.69, 9.17) is 0 Å². The molecule has 1 heterocycles. The van der Waals surface area contributed by atoms with Gasteiger partial charge >= 0.3 is 6.03 Å². The SMILES string of the molecule is CCC1CCC(NC(=O)N2CCCCCC2)C1C. The van der Waals surface area contributed by atoms with E-state index >= 15 is 0 Å². The van der Waals surface area contributed by atoms with Crippen LogP contribution in [0.25, 0.3) is 0 Å². The van der Waals surface area contributed by atoms with Gasteiger partial charge in [-0.2, -0.15) is 0 Å². The zero-order chi connectivity index (χ0) is 13.0. The predicted octanol–water partition coefficient (Wildman–Crippen LogP) is 3.40. The molecule has 0 aromatic heterocycles. The average molecular weight is 252 g/mol. The van der Waals surface area contributed by atoms with Crippen LogP contribution in [-0.2, 0) is 0 Å². The molecule has 2 aliphatic rings. The smallest absolute Gasteiger partial charge is 0.317 e. The molecule has 2 fully saturated rings. The molecule has 0 spiro atoms. The van der Waals surface area contributed by atoms with Crippen molar-refractivity contribution in [2.24, 2.45) is 11.8 Å². The number of hydrogen-bond donors (Lipinski definition) is 1. The quantitative estimate of drug-likeness (QED) is 0.802. The fourth-order valence-electron chi connectivity index (χ4n) is 3.55. The first-order valence-electron chi connectivity index (χ1n) is 7.77. The molecule has 104 valence electrons. The zero-order valence-electron chi connectivity index (χ0n) is 12.0. The first-order chi connectivity index (χ1) is 8.72. The van der Waals surface area contributed by atoms with E-state index in [9.17, 15) is 4.79 Å². The van der Waals surface area contributed by atoms with Crippen molar-refractivity contribution in [1.29, 1.82) is 0 Å². The lowest BCUT2D eigenvalue weighted by Gasteiger charge is -2.26. The van der Waals surface area contributed by atoms with E-state index in [2.05, 4.69) is 19.2 Å². The number of nitrogens with zero attached hydrogens (tertiary/aromatic N) is 1. The Morgan fingerprint density at radius 1 is 1.17 bits per heavy atom. The number of hydrogen-bond acceptors (Lipinski definition) is 1. The van der Waals surface area contributed by atoms with Crippen molar-refractivity contribution >= 4 is 6.03 Å². The van der Waals surface area contributed by atoms with Gasteiger partial charge in [0.25, 0.3) is 0 Å². The van der Waals surface area contributed by atoms with Crippen LogP contribution in [0.1, 0.15) is 58.8 Å². The number of rotatable bonds is 2. The maximum atomic E-state index is 12.3. The lowest BCUT2D eigenvalue weighted by atomic mass is 9.93. The minimum atomic E-state index is 0.186. The van der Waals surface area contributed by atoms with Gasteiger partial charge in [-0.25, -0.2) is 4.79 Å². The van der Waals surface area contributed by atoms with Crippen molar-refractivity contribution in [3.63, 3.8) is 0 Å². The van der Waals surface area contributed by atoms with Crippen molar-refractivity contribution < 1.29 is 4.79 Å². The summed E-state index contributed by atoms with van der Waals surface area (Å²) >= 11 is 0. The number of amides is 2. The van der Waals surface area contributed by atoms with E-state index < -0.39 is 0 Å². The minimum absolute atomic E-state index is 0.186. The van der Waals surface area contributed by atoms with Crippen LogP contribution in [-0.4, -0.2) is 30.1 Å². The van der Waals surface area contributed by atoms with Crippen LogP contribution in [0, 0.1) is 11.8 Å². The maximum Gasteiger partial charge on any atom is 0.317 e. The molecule has 0 aromatic carbocycles. The van der Waals surface area contributed by atoms with E-state index in [-0.39, 0.29) is 6.03 Å². The van der Waals surface area contributed by atoms with Crippen LogP contribution >= 0.6 is 0 Å². The third-order valence-corrected chi connectivity index (χ3v) is 4.95. The Bertz CT molecular complexity index is 272. The highest BCUT2D eigenvalue weighted by Crippen LogP contribution is 2.33. The van der Waals surface area contributed by atoms with Gasteiger partial charge in [-0.15, -0.1) is 0 Å². The average Bonchev–Trinajstić information content (AvgIpc) is 2.61. The van der Waals surface area contributed by atoms with Gasteiger partial charge in [0.05, 0.1) is 0 Å². The largest absolute Gasteiger partial charge is 0.335 e. The van der Waals surface area contributed by atoms with Crippen LogP contribution in [0.3, 0.4) is 0 Å². The Labute approximate surface area is 111 Å². The lowest BCUT2D eigenvalue weighted by molar-refractivity contribution is 0.191. The number of carbonyl (C=O) groups is 1. The molecule has 1 N–H and O–H groups in total. The number of likely N-dealkylation sites (tertiary alicyclic amines) is 1. The Morgan fingerprint density at radius 2 is 1.83 bits per heavy atom. The van der Waals surface area contributed by atoms with Gasteiger partial charge in [0, 0.05) is 19.1 Å². The summed E-state index contributed by atoms with van der Waals surface area (Å²) in [6, 6.07) is 0.594. The zero-order valence-corrected chi connectivity index (χ0v) is 12.0. The first kappa shape index (κ1) is 13.7. The number of urea groups is 1. The van der Waals surface area contributed by atoms with E-state index in [1.165, 1.54) is 44.9 Å². The monoisotopic (exact) mass is 252 g/mol. The van der Waals surface area contributed by atoms with Crippen LogP contribution in [0.4, 0.5) is 4.79 Å². The van der Waals surface area contributed by atoms with Crippen molar-refractivity contribution in [2.45, 2.75) is 64.8 Å². The van der Waals surface area contributed by atoms with Crippen LogP contribution in [0.2, 0.25) is 0 Å². The van der Waals surface area contributed by atoms with Gasteiger partial charge < -0.3 is 10.2 Å². The summed E-state index contributed by atoms with van der Waals surface area (Å²) < 4.78 is 0. The standard InChI is InChI=1S/C15H28N2O/c1-3-13-8-9-14(12(13)2)16-15(18)17-10-6-4-5-7-11-17/h12-14H,3-11H2,1-2H3,(H,16,18). The van der Waals surface area contributed by atoms with Gasteiger partial charge in [-0.05, 0) is 37.5 Å².